The summed E-state index contributed by atoms with van der Waals surface area (Å²) in [5, 5.41) is 12.6. The van der Waals surface area contributed by atoms with Crippen molar-refractivity contribution in [2.24, 2.45) is 4.99 Å². The first-order valence-electron chi connectivity index (χ1n) is 4.09. The van der Waals surface area contributed by atoms with Crippen LogP contribution in [0.25, 0.3) is 0 Å². The summed E-state index contributed by atoms with van der Waals surface area (Å²) in [6.45, 7) is 0. The monoisotopic (exact) mass is 262 g/mol. The van der Waals surface area contributed by atoms with Crippen LogP contribution in [0.2, 0.25) is 0 Å². The zero-order valence-electron chi connectivity index (χ0n) is 8.87. The molecule has 0 aliphatic heterocycles. The molecule has 0 aliphatic carbocycles. The van der Waals surface area contributed by atoms with Crippen LogP contribution in [0.1, 0.15) is 0 Å². The second kappa shape index (κ2) is 5.12. The summed E-state index contributed by atoms with van der Waals surface area (Å²) >= 11 is 2.35. The molecule has 1 N–H and O–H groups in total. The summed E-state index contributed by atoms with van der Waals surface area (Å²) in [6, 6.07) is -0.522. The Balaban J connectivity index is 3.26. The highest BCUT2D eigenvalue weighted by atomic mass is 32.2. The molecule has 0 aromatic carbocycles. The zero-order chi connectivity index (χ0) is 12.3. The van der Waals surface area contributed by atoms with Gasteiger partial charge in [0.15, 0.2) is 4.34 Å². The van der Waals surface area contributed by atoms with Gasteiger partial charge in [-0.1, -0.05) is 23.1 Å². The lowest BCUT2D eigenvalue weighted by atomic mass is 10.8. The fourth-order valence-electron chi connectivity index (χ4n) is 0.725. The van der Waals surface area contributed by atoms with Gasteiger partial charge in [0, 0.05) is 14.1 Å². The third-order valence-electron chi connectivity index (χ3n) is 1.47. The number of hydrogen-bond acceptors (Lipinski definition) is 5. The molecule has 1 aromatic heterocycles. The van der Waals surface area contributed by atoms with E-state index in [1.807, 2.05) is 0 Å². The van der Waals surface area contributed by atoms with Crippen molar-refractivity contribution in [3.05, 3.63) is 4.80 Å². The average molecular weight is 262 g/mol. The molecule has 88 valence electrons. The number of carbonyl (C=O) groups is 2. The quantitative estimate of drug-likeness (QED) is 0.755. The first kappa shape index (κ1) is 12.7. The Kier molecular flexibility index (Phi) is 4.07. The molecule has 1 aromatic rings. The molecule has 16 heavy (non-hydrogen) atoms. The van der Waals surface area contributed by atoms with Crippen molar-refractivity contribution in [1.82, 2.24) is 14.7 Å². The van der Waals surface area contributed by atoms with Crippen LogP contribution in [-0.2, 0) is 0 Å². The maximum absolute atomic E-state index is 11.3. The number of urea groups is 1. The number of rotatable bonds is 1. The van der Waals surface area contributed by atoms with Crippen molar-refractivity contribution in [2.45, 2.75) is 4.34 Å². The molecule has 7 nitrogen and oxygen atoms in total. The van der Waals surface area contributed by atoms with Gasteiger partial charge in [0.25, 0.3) is 0 Å². The Morgan fingerprint density at radius 1 is 1.56 bits per heavy atom. The van der Waals surface area contributed by atoms with Gasteiger partial charge in [0.05, 0.1) is 0 Å². The second-order valence-corrected chi connectivity index (χ2v) is 4.85. The number of nitrogens with zero attached hydrogens (tertiary/aromatic N) is 4. The van der Waals surface area contributed by atoms with Gasteiger partial charge in [-0.05, 0) is 6.26 Å². The van der Waals surface area contributed by atoms with Gasteiger partial charge >= 0.3 is 12.1 Å². The normalized spacial score (nSPS) is 11.6. The lowest BCUT2D eigenvalue weighted by molar-refractivity contribution is 0.191. The highest BCUT2D eigenvalue weighted by Crippen LogP contribution is 2.13. The van der Waals surface area contributed by atoms with Gasteiger partial charge in [-0.25, -0.2) is 9.59 Å². The summed E-state index contributed by atoms with van der Waals surface area (Å²) in [5.74, 6) is 0. The van der Waals surface area contributed by atoms with E-state index in [9.17, 15) is 9.59 Å². The molecule has 2 amide bonds. The third-order valence-corrected chi connectivity index (χ3v) is 3.36. The third kappa shape index (κ3) is 2.83. The largest absolute Gasteiger partial charge is 0.463 e. The van der Waals surface area contributed by atoms with Gasteiger partial charge in [0.2, 0.25) is 4.80 Å². The van der Waals surface area contributed by atoms with Crippen molar-refractivity contribution in [3.63, 3.8) is 0 Å². The van der Waals surface area contributed by atoms with Crippen molar-refractivity contribution >= 4 is 35.2 Å². The van der Waals surface area contributed by atoms with E-state index >= 15 is 0 Å². The number of carboxylic acid groups (broad SMARTS) is 1. The number of hydrogen-bond donors (Lipinski definition) is 1. The Hall–Kier alpha value is -1.35. The summed E-state index contributed by atoms with van der Waals surface area (Å²) in [5.41, 5.74) is 0. The minimum Gasteiger partial charge on any atom is -0.463 e. The SMILES string of the molecule is CSc1nn(C(=O)O)c(=NC(=O)N(C)C)s1. The minimum atomic E-state index is -1.26. The molecule has 0 radical (unpaired) electrons. The van der Waals surface area contributed by atoms with Crippen LogP contribution in [0.15, 0.2) is 9.33 Å². The lowest BCUT2D eigenvalue weighted by Gasteiger charge is -2.03. The van der Waals surface area contributed by atoms with E-state index in [1.165, 1.54) is 30.8 Å². The Morgan fingerprint density at radius 3 is 2.62 bits per heavy atom. The van der Waals surface area contributed by atoms with Gasteiger partial charge in [-0.15, -0.1) is 9.78 Å². The fourth-order valence-corrected chi connectivity index (χ4v) is 2.05. The molecule has 0 bridgehead atoms. The molecule has 0 atom stereocenters. The summed E-state index contributed by atoms with van der Waals surface area (Å²) in [7, 11) is 3.07. The van der Waals surface area contributed by atoms with Crippen LogP contribution in [0.3, 0.4) is 0 Å². The molecule has 1 heterocycles. The van der Waals surface area contributed by atoms with Crippen molar-refractivity contribution < 1.29 is 14.7 Å². The van der Waals surface area contributed by atoms with Crippen LogP contribution in [-0.4, -0.2) is 52.3 Å². The van der Waals surface area contributed by atoms with E-state index in [4.69, 9.17) is 5.11 Å². The highest BCUT2D eigenvalue weighted by Gasteiger charge is 2.11. The summed E-state index contributed by atoms with van der Waals surface area (Å²) < 4.78 is 1.23. The lowest BCUT2D eigenvalue weighted by Crippen LogP contribution is -2.27. The maximum Gasteiger partial charge on any atom is 0.434 e. The molecular formula is C7H10N4O3S2. The van der Waals surface area contributed by atoms with Gasteiger partial charge in [0.1, 0.15) is 0 Å². The predicted octanol–water partition coefficient (Wildman–Crippen LogP) is 0.775. The number of amides is 2. The number of thioether (sulfide) groups is 1. The van der Waals surface area contributed by atoms with Crippen molar-refractivity contribution in [2.75, 3.05) is 20.4 Å². The summed E-state index contributed by atoms with van der Waals surface area (Å²) in [6.07, 6.45) is 0.504. The molecule has 0 unspecified atom stereocenters. The Bertz CT molecular complexity index is 476. The van der Waals surface area contributed by atoms with Crippen molar-refractivity contribution in [3.8, 4) is 0 Å². The van der Waals surface area contributed by atoms with Crippen molar-refractivity contribution in [1.29, 1.82) is 0 Å². The Morgan fingerprint density at radius 2 is 2.19 bits per heavy atom. The molecule has 9 heteroatoms. The van der Waals surface area contributed by atoms with E-state index in [2.05, 4.69) is 10.1 Å². The van der Waals surface area contributed by atoms with Crippen LogP contribution in [0, 0.1) is 0 Å². The first-order valence-corrected chi connectivity index (χ1v) is 6.13. The molecule has 1 rings (SSSR count). The smallest absolute Gasteiger partial charge is 0.434 e. The van der Waals surface area contributed by atoms with Crippen LogP contribution < -0.4 is 4.80 Å². The van der Waals surface area contributed by atoms with Crippen LogP contribution in [0.5, 0.6) is 0 Å². The first-order chi connectivity index (χ1) is 7.45. The van der Waals surface area contributed by atoms with E-state index in [1.54, 1.807) is 6.26 Å². The fraction of sp³-hybridized carbons (Fsp3) is 0.429. The van der Waals surface area contributed by atoms with E-state index in [0.717, 1.165) is 11.3 Å². The Labute approximate surface area is 99.4 Å². The number of carbonyl (C=O) groups excluding carboxylic acids is 1. The van der Waals surface area contributed by atoms with E-state index in [0.29, 0.717) is 9.02 Å². The molecule has 0 saturated carbocycles. The molecule has 0 aliphatic rings. The summed E-state index contributed by atoms with van der Waals surface area (Å²) in [4.78, 5) is 27.1. The zero-order valence-corrected chi connectivity index (χ0v) is 10.5. The van der Waals surface area contributed by atoms with Gasteiger partial charge in [-0.2, -0.15) is 4.99 Å². The standard InChI is InChI=1S/C7H10N4O3S2/c1-10(2)4(12)8-5-11(7(13)14)9-6(15-3)16-5/h1-3H3,(H,13,14). The van der Waals surface area contributed by atoms with E-state index in [-0.39, 0.29) is 4.80 Å². The minimum absolute atomic E-state index is 0.0514. The topological polar surface area (TPSA) is 87.8 Å². The number of aromatic nitrogens is 2. The van der Waals surface area contributed by atoms with Crippen LogP contribution >= 0.6 is 23.1 Å². The highest BCUT2D eigenvalue weighted by molar-refractivity contribution is 8.00. The second-order valence-electron chi connectivity index (χ2n) is 2.84. The molecule has 0 fully saturated rings. The molecule has 0 spiro atoms. The van der Waals surface area contributed by atoms with Gasteiger partial charge in [-0.3, -0.25) is 0 Å². The maximum atomic E-state index is 11.3. The van der Waals surface area contributed by atoms with E-state index < -0.39 is 12.1 Å². The molecule has 0 saturated heterocycles. The molecular weight excluding hydrogens is 252 g/mol. The van der Waals surface area contributed by atoms with Gasteiger partial charge < -0.3 is 10.0 Å². The average Bonchev–Trinajstić information content (AvgIpc) is 2.61. The predicted molar refractivity (Wildman–Crippen MR) is 60.0 cm³/mol. The van der Waals surface area contributed by atoms with Crippen LogP contribution in [0.4, 0.5) is 9.59 Å².